The zero-order valence-electron chi connectivity index (χ0n) is 10.3. The van der Waals surface area contributed by atoms with Gasteiger partial charge < -0.3 is 5.11 Å². The lowest BCUT2D eigenvalue weighted by atomic mass is 9.99. The Morgan fingerprint density at radius 2 is 2.19 bits per heavy atom. The summed E-state index contributed by atoms with van der Waals surface area (Å²) in [7, 11) is 0. The molecule has 1 unspecified atom stereocenters. The molecule has 0 fully saturated rings. The van der Waals surface area contributed by atoms with Gasteiger partial charge in [0.1, 0.15) is 5.75 Å². The molecule has 0 bridgehead atoms. The first-order chi connectivity index (χ1) is 7.54. The minimum absolute atomic E-state index is 0.285. The molecule has 1 aromatic rings. The molecule has 0 spiro atoms. The molecule has 0 aliphatic heterocycles. The van der Waals surface area contributed by atoms with Crippen LogP contribution < -0.4 is 10.4 Å². The molecule has 0 aliphatic carbocycles. The van der Waals surface area contributed by atoms with Gasteiger partial charge in [-0.05, 0) is 41.8 Å². The maximum Gasteiger partial charge on any atom is 0.116 e. The summed E-state index contributed by atoms with van der Waals surface area (Å²) in [6.07, 6.45) is 5.27. The van der Waals surface area contributed by atoms with Crippen LogP contribution in [0.1, 0.15) is 27.2 Å². The van der Waals surface area contributed by atoms with Crippen LogP contribution in [0.15, 0.2) is 29.8 Å². The second-order valence-corrected chi connectivity index (χ2v) is 4.27. The minimum Gasteiger partial charge on any atom is -0.508 e. The van der Waals surface area contributed by atoms with Crippen LogP contribution in [0.3, 0.4) is 0 Å². The molecule has 0 amide bonds. The first kappa shape index (κ1) is 12.6. The average molecular weight is 216 g/mol. The van der Waals surface area contributed by atoms with Gasteiger partial charge >= 0.3 is 0 Å². The average Bonchev–Trinajstić information content (AvgIpc) is 2.28. The Morgan fingerprint density at radius 3 is 2.81 bits per heavy atom. The normalized spacial score (nSPS) is 15.2. The SMILES string of the molecule is C=c1ccc(O)c/c1=C/C=C(/C)C(C)CC. The smallest absolute Gasteiger partial charge is 0.116 e. The van der Waals surface area contributed by atoms with Crippen molar-refractivity contribution in [3.05, 3.63) is 40.3 Å². The summed E-state index contributed by atoms with van der Waals surface area (Å²) in [5, 5.41) is 11.3. The van der Waals surface area contributed by atoms with Gasteiger partial charge in [-0.3, -0.25) is 0 Å². The Morgan fingerprint density at radius 1 is 1.50 bits per heavy atom. The summed E-state index contributed by atoms with van der Waals surface area (Å²) in [6.45, 7) is 10.5. The molecule has 1 aromatic carbocycles. The van der Waals surface area contributed by atoms with Gasteiger partial charge in [0.05, 0.1) is 0 Å². The highest BCUT2D eigenvalue weighted by Gasteiger charge is 1.98. The summed E-state index contributed by atoms with van der Waals surface area (Å²) < 4.78 is 0. The van der Waals surface area contributed by atoms with Crippen LogP contribution >= 0.6 is 0 Å². The van der Waals surface area contributed by atoms with E-state index in [2.05, 4.69) is 33.4 Å². The highest BCUT2D eigenvalue weighted by atomic mass is 16.3. The monoisotopic (exact) mass is 216 g/mol. The Kier molecular flexibility index (Phi) is 4.36. The van der Waals surface area contributed by atoms with E-state index in [1.54, 1.807) is 12.1 Å². The van der Waals surface area contributed by atoms with E-state index in [1.807, 2.05) is 12.1 Å². The summed E-state index contributed by atoms with van der Waals surface area (Å²) >= 11 is 0. The molecule has 0 saturated heterocycles. The summed E-state index contributed by atoms with van der Waals surface area (Å²) in [5.74, 6) is 0.884. The van der Waals surface area contributed by atoms with E-state index in [9.17, 15) is 5.11 Å². The molecular weight excluding hydrogens is 196 g/mol. The van der Waals surface area contributed by atoms with Crippen LogP contribution in [0.4, 0.5) is 0 Å². The van der Waals surface area contributed by atoms with Gasteiger partial charge in [0.25, 0.3) is 0 Å². The van der Waals surface area contributed by atoms with Crippen LogP contribution in [-0.2, 0) is 0 Å². The number of phenolic OH excluding ortho intramolecular Hbond substituents is 1. The van der Waals surface area contributed by atoms with E-state index >= 15 is 0 Å². The first-order valence-electron chi connectivity index (χ1n) is 5.71. The number of aromatic hydroxyl groups is 1. The van der Waals surface area contributed by atoms with Crippen molar-refractivity contribution >= 4 is 12.7 Å². The van der Waals surface area contributed by atoms with Crippen LogP contribution in [0.5, 0.6) is 5.75 Å². The highest BCUT2D eigenvalue weighted by molar-refractivity contribution is 5.42. The largest absolute Gasteiger partial charge is 0.508 e. The molecule has 86 valence electrons. The van der Waals surface area contributed by atoms with Crippen LogP contribution in [0, 0.1) is 5.92 Å². The van der Waals surface area contributed by atoms with Crippen LogP contribution in [0.2, 0.25) is 0 Å². The van der Waals surface area contributed by atoms with E-state index in [-0.39, 0.29) is 5.75 Å². The summed E-state index contributed by atoms with van der Waals surface area (Å²) in [5.41, 5.74) is 1.35. The second kappa shape index (κ2) is 5.55. The van der Waals surface area contributed by atoms with Gasteiger partial charge in [0.2, 0.25) is 0 Å². The predicted molar refractivity (Wildman–Crippen MR) is 70.6 cm³/mol. The molecule has 1 rings (SSSR count). The second-order valence-electron chi connectivity index (χ2n) is 4.27. The molecule has 1 atom stereocenters. The quantitative estimate of drug-likeness (QED) is 0.823. The van der Waals surface area contributed by atoms with Crippen molar-refractivity contribution in [2.45, 2.75) is 27.2 Å². The Labute approximate surface area is 97.4 Å². The highest BCUT2D eigenvalue weighted by Crippen LogP contribution is 2.12. The Hall–Kier alpha value is -1.50. The molecule has 0 radical (unpaired) electrons. The van der Waals surface area contributed by atoms with Gasteiger partial charge in [0, 0.05) is 0 Å². The number of hydrogen-bond donors (Lipinski definition) is 1. The van der Waals surface area contributed by atoms with E-state index in [0.717, 1.165) is 16.9 Å². The van der Waals surface area contributed by atoms with Crippen molar-refractivity contribution in [3.63, 3.8) is 0 Å². The van der Waals surface area contributed by atoms with Crippen molar-refractivity contribution in [2.75, 3.05) is 0 Å². The van der Waals surface area contributed by atoms with Crippen molar-refractivity contribution in [1.29, 1.82) is 0 Å². The maximum atomic E-state index is 9.39. The molecule has 0 aromatic heterocycles. The van der Waals surface area contributed by atoms with E-state index in [1.165, 1.54) is 5.57 Å². The number of benzene rings is 1. The van der Waals surface area contributed by atoms with E-state index < -0.39 is 0 Å². The van der Waals surface area contributed by atoms with Gasteiger partial charge in [0.15, 0.2) is 0 Å². The Bertz CT molecular complexity index is 483. The lowest BCUT2D eigenvalue weighted by Crippen LogP contribution is -2.21. The number of rotatable bonds is 3. The third-order valence-corrected chi connectivity index (χ3v) is 3.04. The number of allylic oxidation sites excluding steroid dienone is 2. The molecule has 1 nitrogen and oxygen atoms in total. The van der Waals surface area contributed by atoms with Gasteiger partial charge in [-0.25, -0.2) is 0 Å². The Balaban J connectivity index is 3.10. The first-order valence-corrected chi connectivity index (χ1v) is 5.71. The van der Waals surface area contributed by atoms with Crippen molar-refractivity contribution in [2.24, 2.45) is 5.92 Å². The maximum absolute atomic E-state index is 9.39. The summed E-state index contributed by atoms with van der Waals surface area (Å²) in [6, 6.07) is 5.22. The third kappa shape index (κ3) is 3.27. The fourth-order valence-corrected chi connectivity index (χ4v) is 1.44. The standard InChI is InChI=1S/C15H20O/c1-5-11(2)12(3)6-8-14-10-15(16)9-7-13(14)4/h6-11,16H,4-5H2,1-3H3/b12-6-,14-8-. The lowest BCUT2D eigenvalue weighted by molar-refractivity contribution is 0.474. The zero-order valence-corrected chi connectivity index (χ0v) is 10.3. The third-order valence-electron chi connectivity index (χ3n) is 3.04. The molecule has 1 heteroatoms. The number of hydrogen-bond acceptors (Lipinski definition) is 1. The van der Waals surface area contributed by atoms with E-state index in [4.69, 9.17) is 0 Å². The predicted octanol–water partition coefficient (Wildman–Crippen LogP) is 2.58. The lowest BCUT2D eigenvalue weighted by Gasteiger charge is -2.06. The topological polar surface area (TPSA) is 20.2 Å². The zero-order chi connectivity index (χ0) is 12.1. The fourth-order valence-electron chi connectivity index (χ4n) is 1.44. The minimum atomic E-state index is 0.285. The molecule has 0 aliphatic rings. The molecule has 16 heavy (non-hydrogen) atoms. The molecule has 0 saturated carbocycles. The van der Waals surface area contributed by atoms with Crippen LogP contribution in [0.25, 0.3) is 12.7 Å². The van der Waals surface area contributed by atoms with Gasteiger partial charge in [-0.2, -0.15) is 0 Å². The van der Waals surface area contributed by atoms with Crippen molar-refractivity contribution < 1.29 is 5.11 Å². The molecule has 0 heterocycles. The molecule has 1 N–H and O–H groups in total. The summed E-state index contributed by atoms with van der Waals surface area (Å²) in [4.78, 5) is 0. The molecular formula is C15H20O. The van der Waals surface area contributed by atoms with Gasteiger partial charge in [-0.1, -0.05) is 44.2 Å². The van der Waals surface area contributed by atoms with Crippen molar-refractivity contribution in [1.82, 2.24) is 0 Å². The van der Waals surface area contributed by atoms with E-state index in [0.29, 0.717) is 5.92 Å². The van der Waals surface area contributed by atoms with Crippen molar-refractivity contribution in [3.8, 4) is 5.75 Å². The fraction of sp³-hybridized carbons (Fsp3) is 0.333. The number of phenols is 1. The van der Waals surface area contributed by atoms with Crippen LogP contribution in [-0.4, -0.2) is 5.11 Å². The van der Waals surface area contributed by atoms with Gasteiger partial charge in [-0.15, -0.1) is 0 Å².